The van der Waals surface area contributed by atoms with Gasteiger partial charge in [-0.15, -0.1) is 0 Å². The molecule has 0 saturated carbocycles. The van der Waals surface area contributed by atoms with E-state index >= 15 is 0 Å². The Bertz CT molecular complexity index is 1270. The number of fused-ring (bicyclic) bond motifs is 2. The molecule has 4 rings (SSSR count). The molecule has 1 unspecified atom stereocenters. The van der Waals surface area contributed by atoms with Crippen molar-refractivity contribution in [3.05, 3.63) is 58.1 Å². The second-order valence-corrected chi connectivity index (χ2v) is 9.69. The summed E-state index contributed by atoms with van der Waals surface area (Å²) in [5, 5.41) is 24.1. The van der Waals surface area contributed by atoms with Crippen LogP contribution in [0.3, 0.4) is 0 Å². The molecule has 1 atom stereocenters. The number of hydrogen-bond acceptors (Lipinski definition) is 7. The smallest absolute Gasteiger partial charge is 0.417 e. The van der Waals surface area contributed by atoms with Crippen molar-refractivity contribution in [3.8, 4) is 5.75 Å². The van der Waals surface area contributed by atoms with Gasteiger partial charge in [0.2, 0.25) is 0 Å². The number of β-amino-alcohol motifs (C(OH)–C–C–N with tert-alkyl or cyclic N) is 1. The van der Waals surface area contributed by atoms with Gasteiger partial charge in [0.05, 0.1) is 17.3 Å². The number of carbonyl (C=O) groups excluding carboxylic acids is 1. The molecule has 0 aliphatic carbocycles. The number of carbonyl (C=O) groups is 1. The number of aromatic hydroxyl groups is 1. The van der Waals surface area contributed by atoms with Crippen molar-refractivity contribution in [1.82, 2.24) is 10.3 Å². The number of para-hydroxylation sites is 1. The van der Waals surface area contributed by atoms with E-state index in [0.717, 1.165) is 11.3 Å². The van der Waals surface area contributed by atoms with Crippen molar-refractivity contribution in [1.29, 1.82) is 0 Å². The van der Waals surface area contributed by atoms with Gasteiger partial charge < -0.3 is 24.7 Å². The van der Waals surface area contributed by atoms with Gasteiger partial charge in [0.1, 0.15) is 11.4 Å². The number of aromatic amines is 1. The van der Waals surface area contributed by atoms with Crippen molar-refractivity contribution in [2.24, 2.45) is 0 Å². The van der Waals surface area contributed by atoms with Crippen molar-refractivity contribution < 1.29 is 24.2 Å². The van der Waals surface area contributed by atoms with Gasteiger partial charge in [-0.2, -0.15) is 0 Å². The number of benzene rings is 2. The van der Waals surface area contributed by atoms with E-state index < -0.39 is 23.0 Å². The molecule has 1 amide bonds. The Balaban J connectivity index is 1.46. The van der Waals surface area contributed by atoms with Gasteiger partial charge in [-0.25, -0.2) is 9.59 Å². The normalized spacial score (nSPS) is 16.3. The number of aliphatic hydroxyl groups excluding tert-OH is 1. The summed E-state index contributed by atoms with van der Waals surface area (Å²) < 4.78 is 11.1. The van der Waals surface area contributed by atoms with Crippen molar-refractivity contribution >= 4 is 22.9 Å². The molecule has 3 aromatic rings. The standard InChI is InChI=1S/C26H33N3O6/c1-5-26(6-2)18-9-7-8-10-20(18)29(24(33)35-26)12-11-25(3,4)27-15-21(31)17-13-16(30)14-19-22(17)34-23(32)28-19/h7-10,13-14,21,27,30-31H,5-6,11-12,15H2,1-4H3,(H,28,32). The Kier molecular flexibility index (Phi) is 6.66. The van der Waals surface area contributed by atoms with Gasteiger partial charge in [0.25, 0.3) is 0 Å². The number of rotatable bonds is 9. The van der Waals surface area contributed by atoms with Gasteiger partial charge in [0, 0.05) is 35.8 Å². The Morgan fingerprint density at radius 1 is 1.17 bits per heavy atom. The number of cyclic esters (lactones) is 1. The Labute approximate surface area is 203 Å². The highest BCUT2D eigenvalue weighted by atomic mass is 16.6. The monoisotopic (exact) mass is 483 g/mol. The molecule has 0 spiro atoms. The van der Waals surface area contributed by atoms with E-state index in [-0.39, 0.29) is 24.0 Å². The minimum Gasteiger partial charge on any atom is -0.508 e. The number of aliphatic hydroxyl groups is 1. The van der Waals surface area contributed by atoms with Crippen LogP contribution in [-0.4, -0.2) is 39.9 Å². The first-order valence-electron chi connectivity index (χ1n) is 12.0. The first-order chi connectivity index (χ1) is 16.6. The second kappa shape index (κ2) is 9.39. The maximum Gasteiger partial charge on any atom is 0.417 e. The number of anilines is 1. The Hall–Kier alpha value is -3.30. The lowest BCUT2D eigenvalue weighted by Gasteiger charge is -2.42. The van der Waals surface area contributed by atoms with Crippen LogP contribution in [0.1, 0.15) is 64.2 Å². The number of aromatic nitrogens is 1. The second-order valence-electron chi connectivity index (χ2n) is 9.69. The van der Waals surface area contributed by atoms with Gasteiger partial charge in [-0.1, -0.05) is 32.0 Å². The fourth-order valence-electron chi connectivity index (χ4n) is 4.74. The maximum atomic E-state index is 13.0. The molecule has 0 bridgehead atoms. The zero-order valence-electron chi connectivity index (χ0n) is 20.6. The molecule has 1 aliphatic heterocycles. The van der Waals surface area contributed by atoms with Crippen LogP contribution in [0.25, 0.3) is 11.1 Å². The SMILES string of the molecule is CCC1(CC)OC(=O)N(CCC(C)(C)NCC(O)c2cc(O)cc3[nH]c(=O)oc23)c2ccccc21. The highest BCUT2D eigenvalue weighted by Gasteiger charge is 2.42. The van der Waals surface area contributed by atoms with E-state index in [1.807, 2.05) is 52.0 Å². The van der Waals surface area contributed by atoms with E-state index in [1.54, 1.807) is 4.90 Å². The van der Waals surface area contributed by atoms with E-state index in [9.17, 15) is 19.8 Å². The van der Waals surface area contributed by atoms with Gasteiger partial charge in [-0.05, 0) is 45.2 Å². The third-order valence-electron chi connectivity index (χ3n) is 6.96. The van der Waals surface area contributed by atoms with Gasteiger partial charge in [-0.3, -0.25) is 9.88 Å². The number of phenolic OH excluding ortho intramolecular Hbond substituents is 1. The summed E-state index contributed by atoms with van der Waals surface area (Å²) >= 11 is 0. The van der Waals surface area contributed by atoms with Crippen LogP contribution in [0.4, 0.5) is 10.5 Å². The predicted octanol–water partition coefficient (Wildman–Crippen LogP) is 4.29. The summed E-state index contributed by atoms with van der Waals surface area (Å²) in [6, 6.07) is 10.6. The fraction of sp³-hybridized carbons (Fsp3) is 0.462. The van der Waals surface area contributed by atoms with Crippen LogP contribution in [0.5, 0.6) is 5.75 Å². The molecule has 4 N–H and O–H groups in total. The summed E-state index contributed by atoms with van der Waals surface area (Å²) in [5.74, 6) is -0.739. The first-order valence-corrected chi connectivity index (χ1v) is 12.0. The molecule has 9 heteroatoms. The highest BCUT2D eigenvalue weighted by Crippen LogP contribution is 2.43. The minimum absolute atomic E-state index is 0.0830. The summed E-state index contributed by atoms with van der Waals surface area (Å²) in [5.41, 5.74) is 1.67. The number of oxazole rings is 1. The molecule has 1 aliphatic rings. The number of nitrogens with zero attached hydrogens (tertiary/aromatic N) is 1. The molecule has 1 aromatic heterocycles. The molecule has 9 nitrogen and oxygen atoms in total. The molecule has 0 fully saturated rings. The minimum atomic E-state index is -1.03. The van der Waals surface area contributed by atoms with E-state index in [4.69, 9.17) is 9.15 Å². The lowest BCUT2D eigenvalue weighted by molar-refractivity contribution is -0.00134. The highest BCUT2D eigenvalue weighted by molar-refractivity contribution is 5.91. The van der Waals surface area contributed by atoms with E-state index in [1.165, 1.54) is 12.1 Å². The molecule has 0 saturated heterocycles. The third kappa shape index (κ3) is 4.78. The van der Waals surface area contributed by atoms with E-state index in [0.29, 0.717) is 36.9 Å². The number of phenols is 1. The summed E-state index contributed by atoms with van der Waals surface area (Å²) in [7, 11) is 0. The molecule has 2 heterocycles. The average Bonchev–Trinajstić information content (AvgIpc) is 3.20. The third-order valence-corrected chi connectivity index (χ3v) is 6.96. The lowest BCUT2D eigenvalue weighted by Crippen LogP contribution is -2.49. The fourth-order valence-corrected chi connectivity index (χ4v) is 4.74. The molecule has 2 aromatic carbocycles. The lowest BCUT2D eigenvalue weighted by atomic mass is 9.85. The van der Waals surface area contributed by atoms with Crippen LogP contribution in [0, 0.1) is 0 Å². The number of ether oxygens (including phenoxy) is 1. The van der Waals surface area contributed by atoms with E-state index in [2.05, 4.69) is 10.3 Å². The maximum absolute atomic E-state index is 13.0. The van der Waals surface area contributed by atoms with Crippen LogP contribution >= 0.6 is 0 Å². The number of hydrogen-bond donors (Lipinski definition) is 4. The summed E-state index contributed by atoms with van der Waals surface area (Å²) in [4.78, 5) is 28.7. The summed E-state index contributed by atoms with van der Waals surface area (Å²) in [6.07, 6.45) is 0.609. The first kappa shape index (κ1) is 24.8. The molecule has 0 radical (unpaired) electrons. The van der Waals surface area contributed by atoms with Crippen LogP contribution in [0.15, 0.2) is 45.6 Å². The zero-order valence-corrected chi connectivity index (χ0v) is 20.6. The quantitative estimate of drug-likeness (QED) is 0.357. The van der Waals surface area contributed by atoms with Gasteiger partial charge >= 0.3 is 11.8 Å². The number of amides is 1. The molecular weight excluding hydrogens is 450 g/mol. The predicted molar refractivity (Wildman–Crippen MR) is 133 cm³/mol. The van der Waals surface area contributed by atoms with Crippen LogP contribution in [0.2, 0.25) is 0 Å². The van der Waals surface area contributed by atoms with Crippen LogP contribution < -0.4 is 16.0 Å². The van der Waals surface area contributed by atoms with Crippen LogP contribution in [-0.2, 0) is 10.3 Å². The molecule has 35 heavy (non-hydrogen) atoms. The topological polar surface area (TPSA) is 128 Å². The average molecular weight is 484 g/mol. The Morgan fingerprint density at radius 3 is 2.60 bits per heavy atom. The largest absolute Gasteiger partial charge is 0.508 e. The van der Waals surface area contributed by atoms with Gasteiger partial charge in [0.15, 0.2) is 5.58 Å². The number of H-pyrrole nitrogens is 1. The summed E-state index contributed by atoms with van der Waals surface area (Å²) in [6.45, 7) is 8.60. The Morgan fingerprint density at radius 2 is 1.89 bits per heavy atom. The van der Waals surface area contributed by atoms with Crippen molar-refractivity contribution in [3.63, 3.8) is 0 Å². The van der Waals surface area contributed by atoms with Crippen molar-refractivity contribution in [2.75, 3.05) is 18.0 Å². The zero-order chi connectivity index (χ0) is 25.4. The number of nitrogens with one attached hydrogen (secondary N) is 2. The van der Waals surface area contributed by atoms with Crippen molar-refractivity contribution in [2.45, 2.75) is 64.2 Å². The molecule has 188 valence electrons. The molecular formula is C26H33N3O6.